The van der Waals surface area contributed by atoms with E-state index in [2.05, 4.69) is 20.1 Å². The van der Waals surface area contributed by atoms with Crippen molar-refractivity contribution >= 4 is 0 Å². The monoisotopic (exact) mass is 268 g/mol. The minimum Gasteiger partial charge on any atom is -0.497 e. The Bertz CT molecular complexity index is 739. The van der Waals surface area contributed by atoms with Crippen LogP contribution in [0.25, 0.3) is 22.8 Å². The SMILES string of the molecule is COc1cccc(-c2noc(-c3cncnc3C)n2)c1. The molecule has 20 heavy (non-hydrogen) atoms. The van der Waals surface area contributed by atoms with Crippen LogP contribution in [-0.4, -0.2) is 27.2 Å². The van der Waals surface area contributed by atoms with Crippen molar-refractivity contribution < 1.29 is 9.26 Å². The number of rotatable bonds is 3. The summed E-state index contributed by atoms with van der Waals surface area (Å²) in [6, 6.07) is 7.48. The molecule has 6 nitrogen and oxygen atoms in total. The van der Waals surface area contributed by atoms with E-state index in [-0.39, 0.29) is 0 Å². The van der Waals surface area contributed by atoms with Crippen LogP contribution in [0.5, 0.6) is 5.75 Å². The van der Waals surface area contributed by atoms with Gasteiger partial charge in [0.05, 0.1) is 18.4 Å². The van der Waals surface area contributed by atoms with E-state index in [4.69, 9.17) is 9.26 Å². The number of benzene rings is 1. The molecule has 0 atom stereocenters. The van der Waals surface area contributed by atoms with E-state index in [1.807, 2.05) is 31.2 Å². The highest BCUT2D eigenvalue weighted by Gasteiger charge is 2.13. The molecule has 0 amide bonds. The molecule has 0 aliphatic heterocycles. The van der Waals surface area contributed by atoms with Crippen LogP contribution in [0, 0.1) is 6.92 Å². The zero-order chi connectivity index (χ0) is 13.9. The van der Waals surface area contributed by atoms with E-state index >= 15 is 0 Å². The van der Waals surface area contributed by atoms with E-state index in [0.29, 0.717) is 11.7 Å². The summed E-state index contributed by atoms with van der Waals surface area (Å²) in [6.07, 6.45) is 3.14. The Kier molecular flexibility index (Phi) is 3.12. The van der Waals surface area contributed by atoms with Gasteiger partial charge in [0.15, 0.2) is 0 Å². The molecular formula is C14H12N4O2. The average Bonchev–Trinajstić information content (AvgIpc) is 2.97. The lowest BCUT2D eigenvalue weighted by molar-refractivity contribution is 0.414. The molecule has 0 fully saturated rings. The lowest BCUT2D eigenvalue weighted by Gasteiger charge is -2.00. The van der Waals surface area contributed by atoms with Crippen LogP contribution in [0.2, 0.25) is 0 Å². The van der Waals surface area contributed by atoms with Gasteiger partial charge in [-0.05, 0) is 19.1 Å². The molecule has 6 heteroatoms. The maximum atomic E-state index is 5.28. The third-order valence-electron chi connectivity index (χ3n) is 2.90. The molecule has 0 saturated carbocycles. The molecular weight excluding hydrogens is 256 g/mol. The number of hydrogen-bond acceptors (Lipinski definition) is 6. The molecule has 0 aliphatic carbocycles. The maximum absolute atomic E-state index is 5.28. The molecule has 0 spiro atoms. The fourth-order valence-corrected chi connectivity index (χ4v) is 1.81. The highest BCUT2D eigenvalue weighted by atomic mass is 16.5. The fourth-order valence-electron chi connectivity index (χ4n) is 1.81. The van der Waals surface area contributed by atoms with Crippen molar-refractivity contribution in [1.82, 2.24) is 20.1 Å². The highest BCUT2D eigenvalue weighted by molar-refractivity contribution is 5.61. The summed E-state index contributed by atoms with van der Waals surface area (Å²) in [4.78, 5) is 12.5. The smallest absolute Gasteiger partial charge is 0.261 e. The molecule has 2 aromatic heterocycles. The Morgan fingerprint density at radius 1 is 1.25 bits per heavy atom. The molecule has 3 aromatic rings. The van der Waals surface area contributed by atoms with Gasteiger partial charge in [0.2, 0.25) is 5.82 Å². The van der Waals surface area contributed by atoms with Crippen molar-refractivity contribution in [3.8, 4) is 28.6 Å². The summed E-state index contributed by atoms with van der Waals surface area (Å²) in [5, 5.41) is 3.98. The Morgan fingerprint density at radius 3 is 2.95 bits per heavy atom. The first-order chi connectivity index (χ1) is 9.78. The van der Waals surface area contributed by atoms with Gasteiger partial charge in [0, 0.05) is 11.8 Å². The highest BCUT2D eigenvalue weighted by Crippen LogP contribution is 2.25. The quantitative estimate of drug-likeness (QED) is 0.726. The first-order valence-corrected chi connectivity index (χ1v) is 6.03. The van der Waals surface area contributed by atoms with Gasteiger partial charge in [-0.2, -0.15) is 4.98 Å². The standard InChI is InChI=1S/C14H12N4O2/c1-9-12(7-15-8-16-9)14-17-13(18-20-14)10-4-3-5-11(6-10)19-2/h3-8H,1-2H3. The van der Waals surface area contributed by atoms with Crippen LogP contribution < -0.4 is 4.74 Å². The van der Waals surface area contributed by atoms with Crippen LogP contribution in [-0.2, 0) is 0 Å². The number of ether oxygens (including phenoxy) is 1. The number of aromatic nitrogens is 4. The van der Waals surface area contributed by atoms with Crippen molar-refractivity contribution in [3.63, 3.8) is 0 Å². The van der Waals surface area contributed by atoms with E-state index in [1.165, 1.54) is 6.33 Å². The second-order valence-corrected chi connectivity index (χ2v) is 4.18. The number of aryl methyl sites for hydroxylation is 1. The normalized spacial score (nSPS) is 10.5. The topological polar surface area (TPSA) is 73.9 Å². The Hall–Kier alpha value is -2.76. The van der Waals surface area contributed by atoms with Crippen molar-refractivity contribution in [1.29, 1.82) is 0 Å². The summed E-state index contributed by atoms with van der Waals surface area (Å²) < 4.78 is 10.5. The molecule has 0 N–H and O–H groups in total. The lowest BCUT2D eigenvalue weighted by Crippen LogP contribution is -1.89. The van der Waals surface area contributed by atoms with Crippen LogP contribution in [0.3, 0.4) is 0 Å². The molecule has 0 saturated heterocycles. The second kappa shape index (κ2) is 5.08. The zero-order valence-electron chi connectivity index (χ0n) is 11.1. The Morgan fingerprint density at radius 2 is 2.15 bits per heavy atom. The number of nitrogens with zero attached hydrogens (tertiary/aromatic N) is 4. The summed E-state index contributed by atoms with van der Waals surface area (Å²) in [5.41, 5.74) is 2.35. The van der Waals surface area contributed by atoms with Crippen molar-refractivity contribution in [2.45, 2.75) is 6.92 Å². The predicted octanol–water partition coefficient (Wildman–Crippen LogP) is 2.51. The molecule has 100 valence electrons. The second-order valence-electron chi connectivity index (χ2n) is 4.18. The average molecular weight is 268 g/mol. The van der Waals surface area contributed by atoms with Crippen LogP contribution in [0.4, 0.5) is 0 Å². The Labute approximate surface area is 115 Å². The van der Waals surface area contributed by atoms with Gasteiger partial charge in [0.25, 0.3) is 5.89 Å². The molecule has 3 rings (SSSR count). The van der Waals surface area contributed by atoms with E-state index in [9.17, 15) is 0 Å². The van der Waals surface area contributed by atoms with E-state index in [0.717, 1.165) is 22.6 Å². The van der Waals surface area contributed by atoms with Crippen molar-refractivity contribution in [2.24, 2.45) is 0 Å². The summed E-state index contributed by atoms with van der Waals surface area (Å²) >= 11 is 0. The minimum absolute atomic E-state index is 0.404. The van der Waals surface area contributed by atoms with Crippen molar-refractivity contribution in [3.05, 3.63) is 42.5 Å². The molecule has 0 unspecified atom stereocenters. The maximum Gasteiger partial charge on any atom is 0.261 e. The molecule has 0 radical (unpaired) electrons. The predicted molar refractivity (Wildman–Crippen MR) is 72.0 cm³/mol. The fraction of sp³-hybridized carbons (Fsp3) is 0.143. The van der Waals surface area contributed by atoms with Gasteiger partial charge in [-0.3, -0.25) is 0 Å². The molecule has 1 aromatic carbocycles. The zero-order valence-corrected chi connectivity index (χ0v) is 11.1. The van der Waals surface area contributed by atoms with Gasteiger partial charge in [-0.1, -0.05) is 17.3 Å². The summed E-state index contributed by atoms with van der Waals surface area (Å²) in [5.74, 6) is 1.65. The van der Waals surface area contributed by atoms with Crippen molar-refractivity contribution in [2.75, 3.05) is 7.11 Å². The van der Waals surface area contributed by atoms with Gasteiger partial charge in [-0.25, -0.2) is 9.97 Å². The van der Waals surface area contributed by atoms with Gasteiger partial charge in [-0.15, -0.1) is 0 Å². The van der Waals surface area contributed by atoms with Crippen LogP contribution in [0.1, 0.15) is 5.69 Å². The molecule has 0 aliphatic rings. The Balaban J connectivity index is 2.00. The molecule has 0 bridgehead atoms. The third kappa shape index (κ3) is 2.23. The lowest BCUT2D eigenvalue weighted by atomic mass is 10.2. The van der Waals surface area contributed by atoms with Crippen LogP contribution >= 0.6 is 0 Å². The summed E-state index contributed by atoms with van der Waals surface area (Å²) in [7, 11) is 1.62. The van der Waals surface area contributed by atoms with E-state index in [1.54, 1.807) is 13.3 Å². The minimum atomic E-state index is 0.404. The largest absolute Gasteiger partial charge is 0.497 e. The summed E-state index contributed by atoms with van der Waals surface area (Å²) in [6.45, 7) is 1.87. The third-order valence-corrected chi connectivity index (χ3v) is 2.90. The van der Waals surface area contributed by atoms with Gasteiger partial charge < -0.3 is 9.26 Å². The first-order valence-electron chi connectivity index (χ1n) is 6.03. The van der Waals surface area contributed by atoms with Crippen LogP contribution in [0.15, 0.2) is 41.3 Å². The van der Waals surface area contributed by atoms with Gasteiger partial charge >= 0.3 is 0 Å². The number of hydrogen-bond donors (Lipinski definition) is 0. The van der Waals surface area contributed by atoms with E-state index < -0.39 is 0 Å². The van der Waals surface area contributed by atoms with Gasteiger partial charge in [0.1, 0.15) is 12.1 Å². The first kappa shape index (κ1) is 12.3. The molecule has 2 heterocycles. The number of methoxy groups -OCH3 is 1.